The zero-order valence-corrected chi connectivity index (χ0v) is 13.0. The van der Waals surface area contributed by atoms with Gasteiger partial charge in [-0.25, -0.2) is 0 Å². The molecule has 1 aromatic heterocycles. The molecule has 1 aliphatic heterocycles. The SMILES string of the molecule is Cc1cc([C@@H](C)NC(=O)CN2CSCC2=O)c(C)s1. The van der Waals surface area contributed by atoms with Crippen LogP contribution in [0.4, 0.5) is 0 Å². The van der Waals surface area contributed by atoms with Crippen LogP contribution in [0.5, 0.6) is 0 Å². The monoisotopic (exact) mass is 298 g/mol. The van der Waals surface area contributed by atoms with Crippen molar-refractivity contribution in [2.45, 2.75) is 26.8 Å². The Morgan fingerprint density at radius 1 is 1.53 bits per heavy atom. The molecule has 1 fully saturated rings. The van der Waals surface area contributed by atoms with Crippen LogP contribution < -0.4 is 5.32 Å². The number of aryl methyl sites for hydroxylation is 2. The average Bonchev–Trinajstić information content (AvgIpc) is 2.85. The molecule has 104 valence electrons. The van der Waals surface area contributed by atoms with Gasteiger partial charge in [0.05, 0.1) is 17.7 Å². The number of hydrogen-bond donors (Lipinski definition) is 1. The highest BCUT2D eigenvalue weighted by Crippen LogP contribution is 2.26. The van der Waals surface area contributed by atoms with Crippen LogP contribution >= 0.6 is 23.1 Å². The second-order valence-corrected chi connectivity index (χ2v) is 7.14. The maximum absolute atomic E-state index is 11.9. The predicted molar refractivity (Wildman–Crippen MR) is 79.4 cm³/mol. The summed E-state index contributed by atoms with van der Waals surface area (Å²) in [5, 5.41) is 2.96. The fourth-order valence-electron chi connectivity index (χ4n) is 2.16. The highest BCUT2D eigenvalue weighted by Gasteiger charge is 2.23. The Kier molecular flexibility index (Phi) is 4.52. The molecule has 6 heteroatoms. The minimum Gasteiger partial charge on any atom is -0.348 e. The van der Waals surface area contributed by atoms with Crippen molar-refractivity contribution in [2.24, 2.45) is 0 Å². The third-order valence-electron chi connectivity index (χ3n) is 3.08. The molecule has 0 saturated carbocycles. The second-order valence-electron chi connectivity index (χ2n) is 4.73. The Labute approximate surface area is 121 Å². The van der Waals surface area contributed by atoms with Crippen molar-refractivity contribution >= 4 is 34.9 Å². The lowest BCUT2D eigenvalue weighted by Crippen LogP contribution is -2.39. The molecule has 19 heavy (non-hydrogen) atoms. The fourth-order valence-corrected chi connectivity index (χ4v) is 4.09. The highest BCUT2D eigenvalue weighted by molar-refractivity contribution is 8.00. The van der Waals surface area contributed by atoms with Gasteiger partial charge >= 0.3 is 0 Å². The van der Waals surface area contributed by atoms with Crippen molar-refractivity contribution in [2.75, 3.05) is 18.2 Å². The maximum atomic E-state index is 11.9. The van der Waals surface area contributed by atoms with E-state index in [2.05, 4.69) is 25.2 Å². The molecular weight excluding hydrogens is 280 g/mol. The van der Waals surface area contributed by atoms with Crippen molar-refractivity contribution in [1.29, 1.82) is 0 Å². The summed E-state index contributed by atoms with van der Waals surface area (Å²) in [4.78, 5) is 27.5. The topological polar surface area (TPSA) is 49.4 Å². The first-order valence-corrected chi connectivity index (χ1v) is 8.16. The number of amides is 2. The van der Waals surface area contributed by atoms with Crippen LogP contribution in [-0.2, 0) is 9.59 Å². The largest absolute Gasteiger partial charge is 0.348 e. The highest BCUT2D eigenvalue weighted by atomic mass is 32.2. The zero-order valence-electron chi connectivity index (χ0n) is 11.4. The van der Waals surface area contributed by atoms with Gasteiger partial charge in [0.25, 0.3) is 0 Å². The molecule has 0 spiro atoms. The molecule has 1 N–H and O–H groups in total. The summed E-state index contributed by atoms with van der Waals surface area (Å²) in [6, 6.07) is 2.10. The first kappa shape index (κ1) is 14.4. The molecule has 4 nitrogen and oxygen atoms in total. The molecule has 0 aliphatic carbocycles. The number of rotatable bonds is 4. The molecule has 0 radical (unpaired) electrons. The third kappa shape index (κ3) is 3.51. The van der Waals surface area contributed by atoms with Gasteiger partial charge in [0.2, 0.25) is 11.8 Å². The van der Waals surface area contributed by atoms with Gasteiger partial charge in [0.15, 0.2) is 0 Å². The number of carbonyl (C=O) groups is 2. The molecule has 1 atom stereocenters. The molecule has 1 saturated heterocycles. The average molecular weight is 298 g/mol. The van der Waals surface area contributed by atoms with E-state index in [1.807, 2.05) is 6.92 Å². The lowest BCUT2D eigenvalue weighted by atomic mass is 10.1. The van der Waals surface area contributed by atoms with Gasteiger partial charge in [-0.3, -0.25) is 9.59 Å². The summed E-state index contributed by atoms with van der Waals surface area (Å²) in [6.07, 6.45) is 0. The molecule has 0 aromatic carbocycles. The van der Waals surface area contributed by atoms with Crippen LogP contribution in [0.3, 0.4) is 0 Å². The van der Waals surface area contributed by atoms with Crippen molar-refractivity contribution in [3.63, 3.8) is 0 Å². The van der Waals surface area contributed by atoms with Crippen molar-refractivity contribution < 1.29 is 9.59 Å². The summed E-state index contributed by atoms with van der Waals surface area (Å²) in [5.41, 5.74) is 1.16. The molecule has 2 rings (SSSR count). The number of hydrogen-bond acceptors (Lipinski definition) is 4. The van der Waals surface area contributed by atoms with E-state index < -0.39 is 0 Å². The third-order valence-corrected chi connectivity index (χ3v) is 5.01. The smallest absolute Gasteiger partial charge is 0.240 e. The molecule has 0 unspecified atom stereocenters. The number of thioether (sulfide) groups is 1. The van der Waals surface area contributed by atoms with Gasteiger partial charge in [0.1, 0.15) is 6.54 Å². The lowest BCUT2D eigenvalue weighted by Gasteiger charge is -2.18. The Hall–Kier alpha value is -1.01. The van der Waals surface area contributed by atoms with Crippen molar-refractivity contribution in [1.82, 2.24) is 10.2 Å². The lowest BCUT2D eigenvalue weighted by molar-refractivity contribution is -0.132. The van der Waals surface area contributed by atoms with E-state index in [1.165, 1.54) is 9.75 Å². The first-order valence-electron chi connectivity index (χ1n) is 6.19. The van der Waals surface area contributed by atoms with Crippen LogP contribution in [0.1, 0.15) is 28.3 Å². The summed E-state index contributed by atoms with van der Waals surface area (Å²) >= 11 is 3.29. The van der Waals surface area contributed by atoms with E-state index in [4.69, 9.17) is 0 Å². The number of thiophene rings is 1. The first-order chi connectivity index (χ1) is 8.97. The van der Waals surface area contributed by atoms with E-state index in [0.29, 0.717) is 11.6 Å². The van der Waals surface area contributed by atoms with E-state index in [1.54, 1.807) is 28.0 Å². The molecule has 2 amide bonds. The van der Waals surface area contributed by atoms with Gasteiger partial charge in [-0.05, 0) is 32.4 Å². The summed E-state index contributed by atoms with van der Waals surface area (Å²) in [5.74, 6) is 1.07. The molecule has 0 bridgehead atoms. The van der Waals surface area contributed by atoms with Crippen LogP contribution in [0.25, 0.3) is 0 Å². The van der Waals surface area contributed by atoms with Crippen molar-refractivity contribution in [3.8, 4) is 0 Å². The fraction of sp³-hybridized carbons (Fsp3) is 0.538. The van der Waals surface area contributed by atoms with Gasteiger partial charge in [-0.15, -0.1) is 23.1 Å². The van der Waals surface area contributed by atoms with E-state index in [-0.39, 0.29) is 24.4 Å². The van der Waals surface area contributed by atoms with E-state index in [9.17, 15) is 9.59 Å². The number of nitrogens with one attached hydrogen (secondary N) is 1. The standard InChI is InChI=1S/C13H18N2O2S2/c1-8-4-11(10(3)19-8)9(2)14-12(16)5-15-7-18-6-13(15)17/h4,9H,5-7H2,1-3H3,(H,14,16)/t9-/m1/s1. The van der Waals surface area contributed by atoms with Gasteiger partial charge in [-0.2, -0.15) is 0 Å². The molecule has 1 aliphatic rings. The zero-order chi connectivity index (χ0) is 14.0. The van der Waals surface area contributed by atoms with Crippen LogP contribution in [0.2, 0.25) is 0 Å². The van der Waals surface area contributed by atoms with E-state index >= 15 is 0 Å². The van der Waals surface area contributed by atoms with Gasteiger partial charge in [-0.1, -0.05) is 0 Å². The van der Waals surface area contributed by atoms with Crippen LogP contribution in [0, 0.1) is 13.8 Å². The van der Waals surface area contributed by atoms with Gasteiger partial charge in [0, 0.05) is 9.75 Å². The Morgan fingerprint density at radius 3 is 2.79 bits per heavy atom. The minimum atomic E-state index is -0.0911. The maximum Gasteiger partial charge on any atom is 0.240 e. The Balaban J connectivity index is 1.91. The number of nitrogens with zero attached hydrogens (tertiary/aromatic N) is 1. The predicted octanol–water partition coefficient (Wildman–Crippen LogP) is 2.08. The molecule has 2 heterocycles. The number of carbonyl (C=O) groups excluding carboxylic acids is 2. The second kappa shape index (κ2) is 5.96. The summed E-state index contributed by atoms with van der Waals surface area (Å²) < 4.78 is 0. The quantitative estimate of drug-likeness (QED) is 0.926. The molecule has 1 aromatic rings. The Morgan fingerprint density at radius 2 is 2.26 bits per heavy atom. The summed E-state index contributed by atoms with van der Waals surface area (Å²) in [6.45, 7) is 6.28. The van der Waals surface area contributed by atoms with Crippen LogP contribution in [-0.4, -0.2) is 34.9 Å². The summed E-state index contributed by atoms with van der Waals surface area (Å²) in [7, 11) is 0. The normalized spacial score (nSPS) is 16.8. The van der Waals surface area contributed by atoms with Gasteiger partial charge < -0.3 is 10.2 Å². The Bertz CT molecular complexity index is 499. The van der Waals surface area contributed by atoms with Crippen LogP contribution in [0.15, 0.2) is 6.07 Å². The van der Waals surface area contributed by atoms with Crippen molar-refractivity contribution in [3.05, 3.63) is 21.4 Å². The molecular formula is C13H18N2O2S2. The van der Waals surface area contributed by atoms with E-state index in [0.717, 1.165) is 5.56 Å². The minimum absolute atomic E-state index is 0.0113.